The number of amides is 4. The molecule has 5 atom stereocenters. The average molecular weight is 847 g/mol. The first-order chi connectivity index (χ1) is 29.6. The summed E-state index contributed by atoms with van der Waals surface area (Å²) in [4.78, 5) is 71.8. The summed E-state index contributed by atoms with van der Waals surface area (Å²) in [6, 6.07) is 18.9. The third-order valence-electron chi connectivity index (χ3n) is 11.7. The van der Waals surface area contributed by atoms with Crippen molar-refractivity contribution in [3.63, 3.8) is 0 Å². The molecule has 0 radical (unpaired) electrons. The third kappa shape index (κ3) is 9.62. The standard InChI is InChI=1S/C47H58N8O7/c1-27(2)39(52-45(58)60-7)43(56)54-21-9-11-37(54)42-49-26-36(51-42)34-20-19-32-23-31(17-18-33(32)24-34)29-13-15-30(16-14-29)35-25-48-41(50-35)38-12-10-22-55(38)44(57)40(53-46(59)61-8)28(3)62-47(4,5)6/h13-20,23-28,37-40H,9-12,21-22H2,1-8H3,(H,48,50)(H,49,51)(H,52,58)(H,53,59)/t28-,37+,38?,39+,40+/m1/s1. The Morgan fingerprint density at radius 1 is 0.661 bits per heavy atom. The number of nitrogens with one attached hydrogen (secondary N) is 4. The van der Waals surface area contributed by atoms with E-state index in [9.17, 15) is 19.2 Å². The van der Waals surface area contributed by atoms with Gasteiger partial charge < -0.3 is 44.6 Å². The van der Waals surface area contributed by atoms with Gasteiger partial charge >= 0.3 is 12.2 Å². The van der Waals surface area contributed by atoms with Gasteiger partial charge in [0.1, 0.15) is 23.7 Å². The molecule has 4 amide bonds. The van der Waals surface area contributed by atoms with Crippen molar-refractivity contribution in [1.29, 1.82) is 0 Å². The van der Waals surface area contributed by atoms with Gasteiger partial charge in [-0.1, -0.05) is 62.4 Å². The largest absolute Gasteiger partial charge is 0.453 e. The van der Waals surface area contributed by atoms with E-state index >= 15 is 0 Å². The maximum atomic E-state index is 14.0. The number of nitrogens with zero attached hydrogens (tertiary/aromatic N) is 4. The van der Waals surface area contributed by atoms with Gasteiger partial charge in [-0.2, -0.15) is 0 Å². The first kappa shape index (κ1) is 43.9. The summed E-state index contributed by atoms with van der Waals surface area (Å²) < 4.78 is 15.7. The van der Waals surface area contributed by atoms with Gasteiger partial charge in [0.05, 0.1) is 61.8 Å². The topological polar surface area (TPSA) is 184 Å². The number of carbonyl (C=O) groups excluding carboxylic acids is 4. The van der Waals surface area contributed by atoms with Gasteiger partial charge in [-0.3, -0.25) is 9.59 Å². The average Bonchev–Trinajstić information content (AvgIpc) is 4.10. The van der Waals surface area contributed by atoms with Crippen LogP contribution in [0.1, 0.15) is 91.0 Å². The molecule has 2 aromatic heterocycles. The van der Waals surface area contributed by atoms with Crippen LogP contribution in [0.3, 0.4) is 0 Å². The first-order valence-electron chi connectivity index (χ1n) is 21.4. The summed E-state index contributed by atoms with van der Waals surface area (Å²) in [7, 11) is 2.56. The normalized spacial score (nSPS) is 18.1. The van der Waals surface area contributed by atoms with Gasteiger partial charge in [0, 0.05) is 18.7 Å². The van der Waals surface area contributed by atoms with Crippen molar-refractivity contribution >= 4 is 34.8 Å². The van der Waals surface area contributed by atoms with E-state index in [1.807, 2.05) is 45.7 Å². The van der Waals surface area contributed by atoms with Crippen molar-refractivity contribution < 1.29 is 33.4 Å². The van der Waals surface area contributed by atoms with Crippen molar-refractivity contribution in [2.24, 2.45) is 5.92 Å². The summed E-state index contributed by atoms with van der Waals surface area (Å²) in [5.74, 6) is 0.923. The number of aromatic nitrogens is 4. The number of aromatic amines is 2. The van der Waals surface area contributed by atoms with Crippen LogP contribution in [-0.2, 0) is 23.8 Å². The quantitative estimate of drug-likeness (QED) is 0.0969. The Labute approximate surface area is 362 Å². The number of carbonyl (C=O) groups is 4. The number of hydrogen-bond donors (Lipinski definition) is 4. The van der Waals surface area contributed by atoms with Gasteiger partial charge in [-0.15, -0.1) is 0 Å². The van der Waals surface area contributed by atoms with Gasteiger partial charge in [0.25, 0.3) is 0 Å². The zero-order valence-electron chi connectivity index (χ0n) is 36.8. The fourth-order valence-electron chi connectivity index (χ4n) is 8.62. The molecule has 3 aromatic carbocycles. The van der Waals surface area contributed by atoms with Gasteiger partial charge in [-0.05, 0) is 98.9 Å². The number of H-pyrrole nitrogens is 2. The van der Waals surface area contributed by atoms with E-state index in [0.29, 0.717) is 18.9 Å². The molecule has 15 nitrogen and oxygen atoms in total. The lowest BCUT2D eigenvalue weighted by Crippen LogP contribution is -2.55. The Hall–Kier alpha value is -6.22. The van der Waals surface area contributed by atoms with E-state index in [1.54, 1.807) is 18.0 Å². The molecule has 2 aliphatic rings. The highest BCUT2D eigenvalue weighted by Gasteiger charge is 2.40. The van der Waals surface area contributed by atoms with E-state index in [-0.39, 0.29) is 29.8 Å². The lowest BCUT2D eigenvalue weighted by atomic mass is 9.98. The van der Waals surface area contributed by atoms with Gasteiger partial charge in [0.2, 0.25) is 11.8 Å². The lowest BCUT2D eigenvalue weighted by Gasteiger charge is -2.34. The van der Waals surface area contributed by atoms with Gasteiger partial charge in [0.15, 0.2) is 0 Å². The van der Waals surface area contributed by atoms with Crippen LogP contribution in [-0.4, -0.2) is 105 Å². The SMILES string of the molecule is COC(=O)N[C@H](C(=O)N1CCC[C@H]1c1ncc(-c2ccc3cc(-c4ccc(-c5cnc(C6CCCN6C(=O)[C@@H](NC(=O)OC)[C@@H](C)OC(C)(C)C)[nH]5)cc4)ccc3c2)[nH]1)C(C)C. The third-order valence-corrected chi connectivity index (χ3v) is 11.7. The molecule has 2 fully saturated rings. The smallest absolute Gasteiger partial charge is 0.407 e. The minimum absolute atomic E-state index is 0.109. The second kappa shape index (κ2) is 18.4. The minimum atomic E-state index is -0.928. The molecule has 2 saturated heterocycles. The van der Waals surface area contributed by atoms with E-state index in [2.05, 4.69) is 81.3 Å². The number of fused-ring (bicyclic) bond motifs is 1. The highest BCUT2D eigenvalue weighted by Crippen LogP contribution is 2.36. The molecule has 0 spiro atoms. The minimum Gasteiger partial charge on any atom is -0.453 e. The molecular formula is C47H58N8O7. The second-order valence-electron chi connectivity index (χ2n) is 17.5. The molecule has 2 aliphatic heterocycles. The van der Waals surface area contributed by atoms with E-state index in [1.165, 1.54) is 14.2 Å². The molecule has 328 valence electrons. The first-order valence-corrected chi connectivity index (χ1v) is 21.4. The Morgan fingerprint density at radius 3 is 1.63 bits per heavy atom. The summed E-state index contributed by atoms with van der Waals surface area (Å²) in [6.45, 7) is 12.4. The molecule has 5 aromatic rings. The number of alkyl carbamates (subject to hydrolysis) is 2. The Kier molecular flexibility index (Phi) is 13.0. The molecule has 1 unspecified atom stereocenters. The van der Waals surface area contributed by atoms with E-state index in [4.69, 9.17) is 24.2 Å². The maximum Gasteiger partial charge on any atom is 0.407 e. The van der Waals surface area contributed by atoms with Crippen molar-refractivity contribution in [2.75, 3.05) is 27.3 Å². The number of methoxy groups -OCH3 is 2. The summed E-state index contributed by atoms with van der Waals surface area (Å²) >= 11 is 0. The number of benzene rings is 3. The fraction of sp³-hybridized carbons (Fsp3) is 0.447. The van der Waals surface area contributed by atoms with E-state index in [0.717, 1.165) is 75.9 Å². The number of ether oxygens (including phenoxy) is 3. The highest BCUT2D eigenvalue weighted by atomic mass is 16.5. The lowest BCUT2D eigenvalue weighted by molar-refractivity contribution is -0.142. The van der Waals surface area contributed by atoms with E-state index < -0.39 is 36.0 Å². The second-order valence-corrected chi connectivity index (χ2v) is 17.5. The predicted molar refractivity (Wildman–Crippen MR) is 236 cm³/mol. The van der Waals surface area contributed by atoms with Crippen molar-refractivity contribution in [3.05, 3.63) is 84.7 Å². The zero-order valence-corrected chi connectivity index (χ0v) is 36.8. The molecule has 4 N–H and O–H groups in total. The van der Waals surface area contributed by atoms with Gasteiger partial charge in [-0.25, -0.2) is 19.6 Å². The summed E-state index contributed by atoms with van der Waals surface area (Å²) in [5, 5.41) is 7.58. The van der Waals surface area contributed by atoms with Crippen LogP contribution in [0, 0.1) is 5.92 Å². The molecule has 0 aliphatic carbocycles. The van der Waals surface area contributed by atoms with Crippen LogP contribution in [0.2, 0.25) is 0 Å². The molecule has 4 heterocycles. The number of likely N-dealkylation sites (tertiary alicyclic amines) is 2. The number of hydrogen-bond acceptors (Lipinski definition) is 9. The monoisotopic (exact) mass is 846 g/mol. The highest BCUT2D eigenvalue weighted by molar-refractivity contribution is 5.91. The van der Waals surface area contributed by atoms with Crippen LogP contribution in [0.15, 0.2) is 73.1 Å². The number of rotatable bonds is 12. The zero-order chi connectivity index (χ0) is 44.3. The van der Waals surface area contributed by atoms with Crippen LogP contribution >= 0.6 is 0 Å². The molecule has 7 rings (SSSR count). The molecule has 15 heteroatoms. The Morgan fingerprint density at radius 2 is 1.11 bits per heavy atom. The van der Waals surface area contributed by atoms with Crippen molar-refractivity contribution in [2.45, 2.75) is 103 Å². The summed E-state index contributed by atoms with van der Waals surface area (Å²) in [6.07, 6.45) is 4.87. The Balaban J connectivity index is 1.02. The van der Waals surface area contributed by atoms with Crippen LogP contribution in [0.25, 0.3) is 44.4 Å². The maximum absolute atomic E-state index is 14.0. The Bertz CT molecular complexity index is 2400. The van der Waals surface area contributed by atoms with Crippen LogP contribution in [0.5, 0.6) is 0 Å². The fourth-order valence-corrected chi connectivity index (χ4v) is 8.62. The molecule has 0 bridgehead atoms. The van der Waals surface area contributed by atoms with Crippen LogP contribution < -0.4 is 10.6 Å². The number of imidazole rings is 2. The van der Waals surface area contributed by atoms with Crippen molar-refractivity contribution in [3.8, 4) is 33.6 Å². The molecular weight excluding hydrogens is 789 g/mol. The van der Waals surface area contributed by atoms with Crippen molar-refractivity contribution in [1.82, 2.24) is 40.4 Å². The molecule has 0 saturated carbocycles. The van der Waals surface area contributed by atoms with Crippen LogP contribution in [0.4, 0.5) is 9.59 Å². The molecule has 62 heavy (non-hydrogen) atoms. The summed E-state index contributed by atoms with van der Waals surface area (Å²) in [5.41, 5.74) is 5.29. The predicted octanol–water partition coefficient (Wildman–Crippen LogP) is 7.92.